The highest BCUT2D eigenvalue weighted by atomic mass is 35.5. The lowest BCUT2D eigenvalue weighted by Crippen LogP contribution is -2.07. The molecular weight excluding hydrogens is 470 g/mol. The van der Waals surface area contributed by atoms with Crippen LogP contribution in [0, 0.1) is 11.3 Å². The van der Waals surface area contributed by atoms with Crippen LogP contribution in [-0.4, -0.2) is 21.0 Å². The first-order chi connectivity index (χ1) is 17.4. The number of halogens is 1. The normalized spacial score (nSPS) is 12.8. The summed E-state index contributed by atoms with van der Waals surface area (Å²) < 4.78 is 0. The van der Waals surface area contributed by atoms with Crippen molar-refractivity contribution in [2.45, 2.75) is 19.3 Å². The molecule has 0 radical (unpaired) electrons. The fourth-order valence-electron chi connectivity index (χ4n) is 4.10. The number of imidazole rings is 1. The Labute approximate surface area is 214 Å². The third-order valence-corrected chi connectivity index (χ3v) is 6.30. The number of carbonyl (C=O) groups is 1. The molecule has 0 saturated heterocycles. The number of rotatable bonds is 8. The quantitative estimate of drug-likeness (QED) is 0.251. The largest absolute Gasteiger partial charge is 0.478 e. The van der Waals surface area contributed by atoms with Gasteiger partial charge < -0.3 is 10.1 Å². The fourth-order valence-corrected chi connectivity index (χ4v) is 4.28. The van der Waals surface area contributed by atoms with E-state index >= 15 is 0 Å². The van der Waals surface area contributed by atoms with Crippen molar-refractivity contribution in [1.82, 2.24) is 9.97 Å². The number of fused-ring (bicyclic) bond motifs is 1. The van der Waals surface area contributed by atoms with Crippen LogP contribution in [0.1, 0.15) is 45.7 Å². The van der Waals surface area contributed by atoms with Crippen molar-refractivity contribution in [2.75, 3.05) is 0 Å². The summed E-state index contributed by atoms with van der Waals surface area (Å²) in [7, 11) is 0. The zero-order chi connectivity index (χ0) is 25.7. The van der Waals surface area contributed by atoms with Crippen molar-refractivity contribution >= 4 is 34.2 Å². The average Bonchev–Trinajstić information content (AvgIpc) is 3.31. The van der Waals surface area contributed by atoms with E-state index in [1.165, 1.54) is 0 Å². The molecule has 0 spiro atoms. The summed E-state index contributed by atoms with van der Waals surface area (Å²) in [6.45, 7) is 5.96. The number of nitrogens with one attached hydrogen (secondary N) is 1. The number of aromatic carboxylic acids is 1. The first-order valence-electron chi connectivity index (χ1n) is 11.4. The molecule has 1 heterocycles. The molecule has 6 heteroatoms. The number of benzene rings is 3. The number of hydrogen-bond acceptors (Lipinski definition) is 3. The van der Waals surface area contributed by atoms with E-state index in [0.29, 0.717) is 28.1 Å². The molecule has 0 bridgehead atoms. The SMILES string of the molecule is C=C/C(=C\C=C(/C)C(Cc1ccccc1)c1nc2cc(C(=O)O)ccc2[nH]1)c1cc(Cl)ccc1C#N. The Morgan fingerprint density at radius 2 is 1.94 bits per heavy atom. The van der Waals surface area contributed by atoms with Crippen molar-refractivity contribution in [3.63, 3.8) is 0 Å². The molecule has 0 fully saturated rings. The molecule has 0 aliphatic heterocycles. The van der Waals surface area contributed by atoms with Gasteiger partial charge in [0.05, 0.1) is 28.2 Å². The van der Waals surface area contributed by atoms with Gasteiger partial charge in [-0.05, 0) is 60.9 Å². The maximum Gasteiger partial charge on any atom is 0.335 e. The molecule has 2 N–H and O–H groups in total. The highest BCUT2D eigenvalue weighted by molar-refractivity contribution is 6.30. The van der Waals surface area contributed by atoms with Gasteiger partial charge in [-0.1, -0.05) is 72.3 Å². The van der Waals surface area contributed by atoms with E-state index in [0.717, 1.165) is 28.1 Å². The Morgan fingerprint density at radius 3 is 2.64 bits per heavy atom. The van der Waals surface area contributed by atoms with Crippen LogP contribution in [0.25, 0.3) is 16.6 Å². The number of aromatic nitrogens is 2. The Kier molecular flexibility index (Phi) is 7.48. The molecule has 36 heavy (non-hydrogen) atoms. The lowest BCUT2D eigenvalue weighted by atomic mass is 9.91. The molecule has 0 amide bonds. The van der Waals surface area contributed by atoms with Gasteiger partial charge in [-0.15, -0.1) is 0 Å². The van der Waals surface area contributed by atoms with Crippen LogP contribution in [0.3, 0.4) is 0 Å². The van der Waals surface area contributed by atoms with Gasteiger partial charge in [-0.25, -0.2) is 9.78 Å². The summed E-state index contributed by atoms with van der Waals surface area (Å²) in [5.74, 6) is -0.331. The fraction of sp³-hybridized carbons (Fsp3) is 0.100. The second kappa shape index (κ2) is 10.9. The minimum absolute atomic E-state index is 0.0924. The molecule has 1 unspecified atom stereocenters. The number of carboxylic acids is 1. The number of carboxylic acid groups (broad SMARTS) is 1. The molecule has 4 rings (SSSR count). The zero-order valence-corrected chi connectivity index (χ0v) is 20.5. The van der Waals surface area contributed by atoms with E-state index in [4.69, 9.17) is 16.6 Å². The number of H-pyrrole nitrogens is 1. The minimum Gasteiger partial charge on any atom is -0.478 e. The van der Waals surface area contributed by atoms with Gasteiger partial charge >= 0.3 is 5.97 Å². The molecule has 3 aromatic carbocycles. The molecule has 1 aromatic heterocycles. The summed E-state index contributed by atoms with van der Waals surface area (Å²) in [6.07, 6.45) is 6.34. The summed E-state index contributed by atoms with van der Waals surface area (Å²) in [5, 5.41) is 19.4. The molecule has 4 aromatic rings. The number of aromatic amines is 1. The molecule has 178 valence electrons. The Balaban J connectivity index is 1.77. The van der Waals surface area contributed by atoms with Crippen LogP contribution in [0.5, 0.6) is 0 Å². The summed E-state index contributed by atoms with van der Waals surface area (Å²) in [6, 6.07) is 22.4. The van der Waals surface area contributed by atoms with E-state index in [2.05, 4.69) is 29.8 Å². The van der Waals surface area contributed by atoms with Crippen molar-refractivity contribution in [1.29, 1.82) is 5.26 Å². The molecule has 0 aliphatic rings. The van der Waals surface area contributed by atoms with E-state index in [9.17, 15) is 15.2 Å². The predicted molar refractivity (Wildman–Crippen MR) is 144 cm³/mol. The Bertz CT molecular complexity index is 1540. The summed E-state index contributed by atoms with van der Waals surface area (Å²) >= 11 is 6.19. The second-order valence-corrected chi connectivity index (χ2v) is 8.88. The number of allylic oxidation sites excluding steroid dienone is 5. The first-order valence-corrected chi connectivity index (χ1v) is 11.7. The highest BCUT2D eigenvalue weighted by Crippen LogP contribution is 2.30. The highest BCUT2D eigenvalue weighted by Gasteiger charge is 2.19. The van der Waals surface area contributed by atoms with E-state index < -0.39 is 5.97 Å². The summed E-state index contributed by atoms with van der Waals surface area (Å²) in [5.41, 5.74) is 5.78. The van der Waals surface area contributed by atoms with Crippen molar-refractivity contribution in [3.8, 4) is 6.07 Å². The standard InChI is InChI=1S/C30H24ClN3O2/c1-3-21(26-17-24(31)13-11-23(26)18-32)10-9-19(2)25(15-20-7-5-4-6-8-20)29-33-27-14-12-22(30(35)36)16-28(27)34-29/h3-14,16-17,25H,1,15H2,2H3,(H,33,34)(H,35,36)/b19-9+,21-10+. The molecule has 0 aliphatic carbocycles. The van der Waals surface area contributed by atoms with Gasteiger partial charge in [0, 0.05) is 16.5 Å². The molecule has 1 atom stereocenters. The van der Waals surface area contributed by atoms with Gasteiger partial charge in [0.25, 0.3) is 0 Å². The lowest BCUT2D eigenvalue weighted by Gasteiger charge is -2.16. The maximum atomic E-state index is 11.4. The monoisotopic (exact) mass is 493 g/mol. The minimum atomic E-state index is -0.988. The average molecular weight is 494 g/mol. The molecule has 5 nitrogen and oxygen atoms in total. The van der Waals surface area contributed by atoms with Crippen molar-refractivity contribution < 1.29 is 9.90 Å². The molecule has 0 saturated carbocycles. The van der Waals surface area contributed by atoms with Gasteiger partial charge in [-0.2, -0.15) is 5.26 Å². The van der Waals surface area contributed by atoms with Gasteiger partial charge in [0.1, 0.15) is 5.82 Å². The topological polar surface area (TPSA) is 89.8 Å². The van der Waals surface area contributed by atoms with Crippen LogP contribution in [0.15, 0.2) is 97.1 Å². The van der Waals surface area contributed by atoms with E-state index in [1.54, 1.807) is 42.5 Å². The van der Waals surface area contributed by atoms with Gasteiger partial charge in [-0.3, -0.25) is 0 Å². The van der Waals surface area contributed by atoms with E-state index in [-0.39, 0.29) is 11.5 Å². The maximum absolute atomic E-state index is 11.4. The Hall–Kier alpha value is -4.40. The number of nitrogens with zero attached hydrogens (tertiary/aromatic N) is 2. The van der Waals surface area contributed by atoms with Crippen LogP contribution >= 0.6 is 11.6 Å². The summed E-state index contributed by atoms with van der Waals surface area (Å²) in [4.78, 5) is 19.5. The first kappa shape index (κ1) is 24.7. The van der Waals surface area contributed by atoms with Gasteiger partial charge in [0.15, 0.2) is 0 Å². The lowest BCUT2D eigenvalue weighted by molar-refractivity contribution is 0.0697. The third-order valence-electron chi connectivity index (χ3n) is 6.07. The zero-order valence-electron chi connectivity index (χ0n) is 19.7. The van der Waals surface area contributed by atoms with Crippen molar-refractivity contribution in [2.24, 2.45) is 0 Å². The smallest absolute Gasteiger partial charge is 0.335 e. The van der Waals surface area contributed by atoms with Crippen LogP contribution in [-0.2, 0) is 6.42 Å². The van der Waals surface area contributed by atoms with Gasteiger partial charge in [0.2, 0.25) is 0 Å². The second-order valence-electron chi connectivity index (χ2n) is 8.44. The number of nitriles is 1. The Morgan fingerprint density at radius 1 is 1.17 bits per heavy atom. The predicted octanol–water partition coefficient (Wildman–Crippen LogP) is 7.33. The van der Waals surface area contributed by atoms with Crippen LogP contribution in [0.4, 0.5) is 0 Å². The van der Waals surface area contributed by atoms with Crippen molar-refractivity contribution in [3.05, 3.63) is 130 Å². The van der Waals surface area contributed by atoms with Crippen LogP contribution < -0.4 is 0 Å². The third kappa shape index (κ3) is 5.46. The molecular formula is C30H24ClN3O2. The van der Waals surface area contributed by atoms with E-state index in [1.807, 2.05) is 37.3 Å². The number of hydrogen-bond donors (Lipinski definition) is 2. The van der Waals surface area contributed by atoms with Crippen LogP contribution in [0.2, 0.25) is 5.02 Å².